The summed E-state index contributed by atoms with van der Waals surface area (Å²) in [6.07, 6.45) is -12.4. The van der Waals surface area contributed by atoms with Gasteiger partial charge in [-0.1, -0.05) is 78.9 Å². The Morgan fingerprint density at radius 3 is 1.61 bits per heavy atom. The second kappa shape index (κ2) is 24.8. The summed E-state index contributed by atoms with van der Waals surface area (Å²) < 4.78 is 91.0. The number of hydrogen-bond acceptors (Lipinski definition) is 9. The molecule has 21 heteroatoms. The van der Waals surface area contributed by atoms with Crippen LogP contribution in [0.2, 0.25) is 0 Å². The largest absolute Gasteiger partial charge is 0.445 e. The van der Waals surface area contributed by atoms with E-state index in [4.69, 9.17) is 9.47 Å². The lowest BCUT2D eigenvalue weighted by Crippen LogP contribution is -2.57. The van der Waals surface area contributed by atoms with Crippen LogP contribution in [0.3, 0.4) is 0 Å². The zero-order valence-electron chi connectivity index (χ0n) is 35.8. The van der Waals surface area contributed by atoms with Crippen LogP contribution in [0, 0.1) is 0 Å². The number of alkyl carbamates (subject to hydrolysis) is 2. The van der Waals surface area contributed by atoms with Crippen molar-refractivity contribution in [2.45, 2.75) is 63.5 Å². The number of nitrogens with zero attached hydrogens (tertiary/aromatic N) is 1. The molecule has 0 aliphatic heterocycles. The van der Waals surface area contributed by atoms with Gasteiger partial charge >= 0.3 is 24.5 Å². The maximum absolute atomic E-state index is 14.1. The molecule has 0 radical (unpaired) electrons. The van der Waals surface area contributed by atoms with Crippen molar-refractivity contribution in [3.63, 3.8) is 0 Å². The number of benzene rings is 4. The Balaban J connectivity index is 1.55. The van der Waals surface area contributed by atoms with E-state index in [1.165, 1.54) is 18.9 Å². The van der Waals surface area contributed by atoms with Gasteiger partial charge in [0.2, 0.25) is 23.6 Å². The molecule has 0 unspecified atom stereocenters. The summed E-state index contributed by atoms with van der Waals surface area (Å²) in [5.74, 6) is -3.77. The summed E-state index contributed by atoms with van der Waals surface area (Å²) in [4.78, 5) is 81.3. The number of anilines is 1. The highest BCUT2D eigenvalue weighted by Gasteiger charge is 2.34. The van der Waals surface area contributed by atoms with E-state index in [2.05, 4.69) is 31.9 Å². The van der Waals surface area contributed by atoms with Crippen LogP contribution < -0.4 is 31.9 Å². The van der Waals surface area contributed by atoms with Crippen molar-refractivity contribution in [1.29, 1.82) is 0 Å². The van der Waals surface area contributed by atoms with Crippen LogP contribution in [-0.4, -0.2) is 92.1 Å². The standard InChI is InChI=1S/C45H49F6N7O8/c1-29(52-2)39(60)56-37(41(62)57-36(24-30-16-18-33(19-17-30)44(46,47)48)40(61)55-35-15-9-14-34(25-35)45(49,50)51)26-38(59)58(22-20-53-42(63)65-27-31-10-5-3-6-11-31)23-21-54-43(64)66-28-32-12-7-4-8-13-32/h3-19,25,29,36-37,52H,20-24,26-28H2,1-2H3,(H,53,63)(H,54,64)(H,55,61)(H,56,60)(H,57,62)/t29-,36+,37+/m1/s1. The fraction of sp³-hybridized carbons (Fsp3) is 0.333. The van der Waals surface area contributed by atoms with Crippen LogP contribution >= 0.6 is 0 Å². The lowest BCUT2D eigenvalue weighted by molar-refractivity contribution is -0.138. The minimum atomic E-state index is -4.78. The number of rotatable bonds is 21. The number of hydrogen-bond donors (Lipinski definition) is 6. The van der Waals surface area contributed by atoms with Gasteiger partial charge in [0.25, 0.3) is 0 Å². The quantitative estimate of drug-likeness (QED) is 0.0581. The van der Waals surface area contributed by atoms with Crippen LogP contribution in [-0.2, 0) is 60.6 Å². The van der Waals surface area contributed by atoms with Crippen molar-refractivity contribution in [3.05, 3.63) is 137 Å². The summed E-state index contributed by atoms with van der Waals surface area (Å²) in [6.45, 7) is 0.578. The molecule has 4 aromatic rings. The Kier molecular flexibility index (Phi) is 19.3. The third-order valence-corrected chi connectivity index (χ3v) is 9.73. The number of halogens is 6. The molecule has 4 rings (SSSR count). The van der Waals surface area contributed by atoms with E-state index in [1.807, 2.05) is 0 Å². The van der Waals surface area contributed by atoms with Gasteiger partial charge in [0.1, 0.15) is 25.3 Å². The molecule has 66 heavy (non-hydrogen) atoms. The molecule has 0 aliphatic carbocycles. The van der Waals surface area contributed by atoms with E-state index >= 15 is 0 Å². The first kappa shape index (κ1) is 51.5. The van der Waals surface area contributed by atoms with Gasteiger partial charge in [-0.3, -0.25) is 19.2 Å². The van der Waals surface area contributed by atoms with Crippen molar-refractivity contribution in [2.75, 3.05) is 38.5 Å². The van der Waals surface area contributed by atoms with E-state index in [-0.39, 0.29) is 50.6 Å². The second-order valence-electron chi connectivity index (χ2n) is 14.7. The summed E-state index contributed by atoms with van der Waals surface area (Å²) in [5.41, 5.74) is -0.916. The molecule has 0 fully saturated rings. The molecule has 0 aromatic heterocycles. The number of carbonyl (C=O) groups excluding carboxylic acids is 6. The third kappa shape index (κ3) is 17.4. The zero-order valence-corrected chi connectivity index (χ0v) is 35.8. The van der Waals surface area contributed by atoms with Gasteiger partial charge in [-0.2, -0.15) is 26.3 Å². The minimum Gasteiger partial charge on any atom is -0.445 e. The van der Waals surface area contributed by atoms with Gasteiger partial charge in [0.05, 0.1) is 23.6 Å². The zero-order chi connectivity index (χ0) is 48.3. The van der Waals surface area contributed by atoms with Gasteiger partial charge in [0, 0.05) is 38.3 Å². The average molecular weight is 930 g/mol. The highest BCUT2D eigenvalue weighted by atomic mass is 19.4. The van der Waals surface area contributed by atoms with Crippen molar-refractivity contribution in [2.24, 2.45) is 0 Å². The first-order chi connectivity index (χ1) is 31.3. The minimum absolute atomic E-state index is 0.0519. The summed E-state index contributed by atoms with van der Waals surface area (Å²) >= 11 is 0. The lowest BCUT2D eigenvalue weighted by Gasteiger charge is -2.27. The van der Waals surface area contributed by atoms with Crippen molar-refractivity contribution < 1.29 is 64.6 Å². The maximum Gasteiger partial charge on any atom is 0.416 e. The van der Waals surface area contributed by atoms with E-state index < -0.39 is 90.3 Å². The Morgan fingerprint density at radius 2 is 1.11 bits per heavy atom. The molecule has 15 nitrogen and oxygen atoms in total. The van der Waals surface area contributed by atoms with Crippen LogP contribution in [0.4, 0.5) is 41.6 Å². The molecule has 0 heterocycles. The first-order valence-electron chi connectivity index (χ1n) is 20.4. The molecule has 0 saturated heterocycles. The fourth-order valence-electron chi connectivity index (χ4n) is 5.99. The van der Waals surface area contributed by atoms with Gasteiger partial charge < -0.3 is 46.3 Å². The highest BCUT2D eigenvalue weighted by molar-refractivity contribution is 6.00. The first-order valence-corrected chi connectivity index (χ1v) is 20.4. The Hall–Kier alpha value is -7.16. The monoisotopic (exact) mass is 929 g/mol. The summed E-state index contributed by atoms with van der Waals surface area (Å²) in [5, 5.41) is 14.9. The molecule has 6 N–H and O–H groups in total. The third-order valence-electron chi connectivity index (χ3n) is 9.73. The van der Waals surface area contributed by atoms with E-state index in [9.17, 15) is 55.1 Å². The number of alkyl halides is 6. The fourth-order valence-corrected chi connectivity index (χ4v) is 5.99. The van der Waals surface area contributed by atoms with Gasteiger partial charge in [-0.25, -0.2) is 9.59 Å². The van der Waals surface area contributed by atoms with Crippen LogP contribution in [0.5, 0.6) is 0 Å². The maximum atomic E-state index is 14.1. The highest BCUT2D eigenvalue weighted by Crippen LogP contribution is 2.31. The molecule has 0 aliphatic rings. The molecule has 3 atom stereocenters. The van der Waals surface area contributed by atoms with Crippen molar-refractivity contribution >= 4 is 41.5 Å². The molecular formula is C45H49F6N7O8. The van der Waals surface area contributed by atoms with Crippen LogP contribution in [0.1, 0.15) is 41.2 Å². The lowest BCUT2D eigenvalue weighted by atomic mass is 10.0. The summed E-state index contributed by atoms with van der Waals surface area (Å²) in [7, 11) is 1.44. The number of likely N-dealkylation sites (N-methyl/N-ethyl adjacent to an activating group) is 1. The molecule has 354 valence electrons. The second-order valence-corrected chi connectivity index (χ2v) is 14.7. The van der Waals surface area contributed by atoms with Crippen molar-refractivity contribution in [3.8, 4) is 0 Å². The van der Waals surface area contributed by atoms with Gasteiger partial charge in [-0.15, -0.1) is 0 Å². The smallest absolute Gasteiger partial charge is 0.416 e. The van der Waals surface area contributed by atoms with Gasteiger partial charge in [-0.05, 0) is 61.0 Å². The topological polar surface area (TPSA) is 196 Å². The predicted octanol–water partition coefficient (Wildman–Crippen LogP) is 5.55. The molecule has 0 bridgehead atoms. The molecule has 6 amide bonds. The normalized spacial score (nSPS) is 12.7. The van der Waals surface area contributed by atoms with E-state index in [1.54, 1.807) is 60.7 Å². The molecule has 4 aromatic carbocycles. The van der Waals surface area contributed by atoms with E-state index in [0.29, 0.717) is 17.2 Å². The Bertz CT molecular complexity index is 2170. The van der Waals surface area contributed by atoms with Crippen LogP contribution in [0.15, 0.2) is 109 Å². The Labute approximate surface area is 376 Å². The van der Waals surface area contributed by atoms with Gasteiger partial charge in [0.15, 0.2) is 0 Å². The predicted molar refractivity (Wildman–Crippen MR) is 228 cm³/mol. The number of carbonyl (C=O) groups is 6. The number of nitrogens with one attached hydrogen (secondary N) is 6. The molecule has 0 saturated carbocycles. The number of amides is 6. The molecular weight excluding hydrogens is 881 g/mol. The van der Waals surface area contributed by atoms with Crippen LogP contribution in [0.25, 0.3) is 0 Å². The Morgan fingerprint density at radius 1 is 0.591 bits per heavy atom. The average Bonchev–Trinajstić information content (AvgIpc) is 3.29. The van der Waals surface area contributed by atoms with Crippen molar-refractivity contribution in [1.82, 2.24) is 31.5 Å². The molecule has 0 spiro atoms. The summed E-state index contributed by atoms with van der Waals surface area (Å²) in [6, 6.07) is 20.4. The number of ether oxygens (including phenoxy) is 2. The SMILES string of the molecule is CN[C@H](C)C(=O)N[C@@H](CC(=O)N(CCNC(=O)OCc1ccccc1)CCNC(=O)OCc1ccccc1)C(=O)N[C@@H](Cc1ccc(C(F)(F)F)cc1)C(=O)Nc1cccc(C(F)(F)F)c1. The van der Waals surface area contributed by atoms with E-state index in [0.717, 1.165) is 42.5 Å².